The summed E-state index contributed by atoms with van der Waals surface area (Å²) in [6.07, 6.45) is 4.34. The molecule has 0 aliphatic heterocycles. The van der Waals surface area contributed by atoms with Gasteiger partial charge >= 0.3 is 0 Å². The van der Waals surface area contributed by atoms with Crippen molar-refractivity contribution >= 4 is 27.5 Å². The van der Waals surface area contributed by atoms with E-state index in [9.17, 15) is 9.90 Å². The molecule has 0 atom stereocenters. The molecular weight excluding hydrogens is 290 g/mol. The van der Waals surface area contributed by atoms with Crippen LogP contribution in [0.2, 0.25) is 0 Å². The van der Waals surface area contributed by atoms with Crippen LogP contribution in [-0.4, -0.2) is 21.6 Å². The Labute approximate surface area is 132 Å². The minimum atomic E-state index is -0.0715. The standard InChI is InChI=1S/C18H15N3O2/c22-13-3-1-11(2-4-13)5-7-20-15-9-14-16-12(6-8-19-14)10-21-17(16)18(15)23/h1-4,6,8-10,19-20,22H,5,7H2. The maximum atomic E-state index is 12.5. The average molecular weight is 305 g/mol. The number of nitrogens with one attached hydrogen (secondary N) is 2. The van der Waals surface area contributed by atoms with Gasteiger partial charge in [-0.15, -0.1) is 0 Å². The van der Waals surface area contributed by atoms with Crippen molar-refractivity contribution in [3.8, 4) is 5.75 Å². The van der Waals surface area contributed by atoms with Crippen LogP contribution in [0, 0.1) is 0 Å². The third-order valence-corrected chi connectivity index (χ3v) is 4.04. The third-order valence-electron chi connectivity index (χ3n) is 4.04. The predicted octanol–water partition coefficient (Wildman–Crippen LogP) is 2.87. The summed E-state index contributed by atoms with van der Waals surface area (Å²) >= 11 is 0. The van der Waals surface area contributed by atoms with Crippen LogP contribution in [0.5, 0.6) is 5.75 Å². The second kappa shape index (κ2) is 5.28. The number of phenolic OH excluding ortho intramolecular Hbond substituents is 1. The molecule has 5 heteroatoms. The third kappa shape index (κ3) is 2.36. The molecule has 2 aromatic heterocycles. The van der Waals surface area contributed by atoms with Gasteiger partial charge in [-0.25, -0.2) is 0 Å². The molecule has 2 heterocycles. The van der Waals surface area contributed by atoms with Crippen molar-refractivity contribution in [2.45, 2.75) is 6.42 Å². The zero-order chi connectivity index (χ0) is 15.8. The van der Waals surface area contributed by atoms with E-state index in [0.29, 0.717) is 17.7 Å². The van der Waals surface area contributed by atoms with Gasteiger partial charge in [0.25, 0.3) is 0 Å². The lowest BCUT2D eigenvalue weighted by molar-refractivity contribution is 0.475. The first-order chi connectivity index (χ1) is 11.2. The van der Waals surface area contributed by atoms with Crippen molar-refractivity contribution in [1.29, 1.82) is 0 Å². The van der Waals surface area contributed by atoms with Gasteiger partial charge in [0.05, 0.1) is 11.2 Å². The number of H-pyrrole nitrogens is 1. The fourth-order valence-electron chi connectivity index (χ4n) is 2.86. The van der Waals surface area contributed by atoms with Crippen LogP contribution in [0.4, 0.5) is 5.69 Å². The van der Waals surface area contributed by atoms with Crippen LogP contribution < -0.4 is 10.7 Å². The lowest BCUT2D eigenvalue weighted by atomic mass is 10.1. The van der Waals surface area contributed by atoms with Crippen LogP contribution in [-0.2, 0) is 6.42 Å². The van der Waals surface area contributed by atoms with E-state index in [2.05, 4.69) is 15.3 Å². The fraction of sp³-hybridized carbons (Fsp3) is 0.111. The smallest absolute Gasteiger partial charge is 0.227 e. The Hall–Kier alpha value is -3.08. The van der Waals surface area contributed by atoms with Crippen molar-refractivity contribution in [2.75, 3.05) is 11.9 Å². The summed E-state index contributed by atoms with van der Waals surface area (Å²) in [7, 11) is 0. The molecule has 2 aromatic carbocycles. The van der Waals surface area contributed by atoms with Crippen molar-refractivity contribution in [1.82, 2.24) is 9.97 Å². The molecule has 3 N–H and O–H groups in total. The first-order valence-corrected chi connectivity index (χ1v) is 7.46. The molecular formula is C18H15N3O2. The summed E-state index contributed by atoms with van der Waals surface area (Å²) < 4.78 is 0. The molecule has 23 heavy (non-hydrogen) atoms. The van der Waals surface area contributed by atoms with Gasteiger partial charge in [-0.3, -0.25) is 9.78 Å². The topological polar surface area (TPSA) is 78.0 Å². The zero-order valence-electron chi connectivity index (χ0n) is 12.3. The highest BCUT2D eigenvalue weighted by Gasteiger charge is 2.12. The average Bonchev–Trinajstić information content (AvgIpc) is 3.00. The van der Waals surface area contributed by atoms with E-state index in [0.717, 1.165) is 28.3 Å². The van der Waals surface area contributed by atoms with Gasteiger partial charge in [0.1, 0.15) is 11.3 Å². The number of aromatic amines is 1. The Morgan fingerprint density at radius 2 is 2.00 bits per heavy atom. The number of rotatable bonds is 4. The van der Waals surface area contributed by atoms with Gasteiger partial charge in [-0.05, 0) is 36.2 Å². The Morgan fingerprint density at radius 1 is 1.17 bits per heavy atom. The highest BCUT2D eigenvalue weighted by atomic mass is 16.3. The number of hydrogen-bond acceptors (Lipinski definition) is 4. The first-order valence-electron chi connectivity index (χ1n) is 7.46. The second-order valence-electron chi connectivity index (χ2n) is 5.56. The van der Waals surface area contributed by atoms with Crippen molar-refractivity contribution in [3.05, 3.63) is 64.6 Å². The van der Waals surface area contributed by atoms with Crippen LogP contribution in [0.15, 0.2) is 53.6 Å². The van der Waals surface area contributed by atoms with Gasteiger partial charge in [0.2, 0.25) is 5.43 Å². The van der Waals surface area contributed by atoms with E-state index in [1.165, 1.54) is 0 Å². The summed E-state index contributed by atoms with van der Waals surface area (Å²) in [5.74, 6) is 0.255. The summed E-state index contributed by atoms with van der Waals surface area (Å²) in [6.45, 7) is 0.633. The summed E-state index contributed by atoms with van der Waals surface area (Å²) in [6, 6.07) is 10.8. The number of nitrogens with zero attached hydrogens (tertiary/aromatic N) is 1. The van der Waals surface area contributed by atoms with Crippen molar-refractivity contribution < 1.29 is 5.11 Å². The fourth-order valence-corrected chi connectivity index (χ4v) is 2.86. The summed E-state index contributed by atoms with van der Waals surface area (Å²) in [4.78, 5) is 19.9. The minimum Gasteiger partial charge on any atom is -0.508 e. The lowest BCUT2D eigenvalue weighted by Crippen LogP contribution is -2.14. The van der Waals surface area contributed by atoms with Crippen LogP contribution in [0.1, 0.15) is 5.56 Å². The van der Waals surface area contributed by atoms with E-state index >= 15 is 0 Å². The van der Waals surface area contributed by atoms with E-state index < -0.39 is 0 Å². The monoisotopic (exact) mass is 305 g/mol. The molecule has 0 saturated heterocycles. The molecule has 114 valence electrons. The molecule has 0 radical (unpaired) electrons. The second-order valence-corrected chi connectivity index (χ2v) is 5.56. The Morgan fingerprint density at radius 3 is 2.83 bits per heavy atom. The van der Waals surface area contributed by atoms with Gasteiger partial charge in [0.15, 0.2) is 0 Å². The Kier molecular flexibility index (Phi) is 3.12. The molecule has 4 rings (SSSR count). The summed E-state index contributed by atoms with van der Waals surface area (Å²) in [5.41, 5.74) is 2.99. The van der Waals surface area contributed by atoms with Gasteiger partial charge < -0.3 is 15.4 Å². The SMILES string of the molecule is O=c1c(NCCc2ccc(O)cc2)cc2[nH]ccc3cnc1c32. The van der Waals surface area contributed by atoms with E-state index in [1.54, 1.807) is 18.3 Å². The predicted molar refractivity (Wildman–Crippen MR) is 91.4 cm³/mol. The quantitative estimate of drug-likeness (QED) is 0.542. The van der Waals surface area contributed by atoms with Gasteiger partial charge in [0, 0.05) is 29.7 Å². The Bertz CT molecular complexity index is 1020. The maximum Gasteiger partial charge on any atom is 0.227 e. The number of phenols is 1. The van der Waals surface area contributed by atoms with Gasteiger partial charge in [-0.1, -0.05) is 12.1 Å². The van der Waals surface area contributed by atoms with E-state index in [4.69, 9.17) is 0 Å². The molecule has 0 spiro atoms. The zero-order valence-corrected chi connectivity index (χ0v) is 12.3. The molecule has 0 fully saturated rings. The number of aromatic nitrogens is 2. The molecule has 0 aliphatic carbocycles. The molecule has 0 amide bonds. The normalized spacial score (nSPS) is 11.3. The van der Waals surface area contributed by atoms with Crippen molar-refractivity contribution in [3.63, 3.8) is 0 Å². The molecule has 0 saturated carbocycles. The van der Waals surface area contributed by atoms with E-state index in [1.807, 2.05) is 30.5 Å². The van der Waals surface area contributed by atoms with Crippen LogP contribution in [0.3, 0.4) is 0 Å². The molecule has 0 unspecified atom stereocenters. The van der Waals surface area contributed by atoms with Crippen molar-refractivity contribution in [2.24, 2.45) is 0 Å². The molecule has 5 nitrogen and oxygen atoms in total. The molecule has 4 aromatic rings. The molecule has 0 bridgehead atoms. The summed E-state index contributed by atoms with van der Waals surface area (Å²) in [5, 5.41) is 14.3. The first kappa shape index (κ1) is 13.6. The number of anilines is 1. The number of benzene rings is 2. The number of hydrogen-bond donors (Lipinski definition) is 3. The van der Waals surface area contributed by atoms with Crippen LogP contribution >= 0.6 is 0 Å². The minimum absolute atomic E-state index is 0.0715. The Balaban J connectivity index is 1.60. The number of aromatic hydroxyl groups is 1. The lowest BCUT2D eigenvalue weighted by Gasteiger charge is -2.07. The van der Waals surface area contributed by atoms with E-state index in [-0.39, 0.29) is 11.2 Å². The highest BCUT2D eigenvalue weighted by molar-refractivity contribution is 6.08. The number of pyridine rings is 1. The maximum absolute atomic E-state index is 12.5. The molecule has 0 aliphatic rings. The van der Waals surface area contributed by atoms with Gasteiger partial charge in [-0.2, -0.15) is 0 Å². The largest absolute Gasteiger partial charge is 0.508 e. The van der Waals surface area contributed by atoms with Crippen LogP contribution in [0.25, 0.3) is 21.8 Å². The highest BCUT2D eigenvalue weighted by Crippen LogP contribution is 2.24.